The summed E-state index contributed by atoms with van der Waals surface area (Å²) in [5, 5.41) is 29.4. The largest absolute Gasteiger partial charge is 0.374 e. The lowest BCUT2D eigenvalue weighted by atomic mass is 10.0. The Morgan fingerprint density at radius 1 is 1.24 bits per heavy atom. The summed E-state index contributed by atoms with van der Waals surface area (Å²) in [5.41, 5.74) is 4.26. The number of aliphatic hydroxyl groups excluding tert-OH is 1. The molecule has 1 aromatic carbocycles. The van der Waals surface area contributed by atoms with Crippen molar-refractivity contribution < 1.29 is 9.90 Å². The molecule has 0 radical (unpaired) electrons. The third-order valence-corrected chi connectivity index (χ3v) is 7.67. The fraction of sp³-hybridized carbons (Fsp3) is 0.464. The molecule has 0 spiro atoms. The first-order chi connectivity index (χ1) is 18.2. The van der Waals surface area contributed by atoms with Gasteiger partial charge in [0.2, 0.25) is 11.9 Å². The number of piperidine rings is 1. The van der Waals surface area contributed by atoms with Crippen LogP contribution in [-0.4, -0.2) is 55.3 Å². The van der Waals surface area contributed by atoms with Crippen molar-refractivity contribution in [2.75, 3.05) is 25.0 Å². The Morgan fingerprint density at radius 2 is 1.95 bits per heavy atom. The van der Waals surface area contributed by atoms with Gasteiger partial charge in [0.1, 0.15) is 6.23 Å². The first kappa shape index (κ1) is 25.8. The number of nitrogens with zero attached hydrogens (tertiary/aromatic N) is 6. The van der Waals surface area contributed by atoms with E-state index in [1.165, 1.54) is 0 Å². The quantitative estimate of drug-likeness (QED) is 0.306. The Balaban J connectivity index is 1.21. The van der Waals surface area contributed by atoms with Crippen LogP contribution in [0.3, 0.4) is 0 Å². The molecule has 1 aliphatic carbocycles. The van der Waals surface area contributed by atoms with Gasteiger partial charge in [-0.25, -0.2) is 9.97 Å². The van der Waals surface area contributed by atoms with Crippen molar-refractivity contribution >= 4 is 17.5 Å². The lowest BCUT2D eigenvalue weighted by Crippen LogP contribution is -2.40. The summed E-state index contributed by atoms with van der Waals surface area (Å²) >= 11 is 0. The molecular weight excluding hydrogens is 480 g/mol. The van der Waals surface area contributed by atoms with Crippen LogP contribution in [0, 0.1) is 29.6 Å². The number of benzene rings is 1. The van der Waals surface area contributed by atoms with E-state index in [2.05, 4.69) is 34.6 Å². The van der Waals surface area contributed by atoms with Crippen LogP contribution >= 0.6 is 0 Å². The fourth-order valence-electron chi connectivity index (χ4n) is 5.07. The molecule has 1 amide bonds. The van der Waals surface area contributed by atoms with Crippen molar-refractivity contribution in [2.24, 2.45) is 11.3 Å². The van der Waals surface area contributed by atoms with Crippen molar-refractivity contribution in [2.45, 2.75) is 52.3 Å². The summed E-state index contributed by atoms with van der Waals surface area (Å²) in [4.78, 5) is 23.9. The molecule has 38 heavy (non-hydrogen) atoms. The van der Waals surface area contributed by atoms with Gasteiger partial charge in [0.05, 0.1) is 36.2 Å². The molecule has 3 N–H and O–H groups in total. The highest BCUT2D eigenvalue weighted by molar-refractivity contribution is 5.82. The number of aliphatic hydroxyl groups is 1. The predicted molar refractivity (Wildman–Crippen MR) is 143 cm³/mol. The maximum absolute atomic E-state index is 12.7. The number of nitriles is 1. The van der Waals surface area contributed by atoms with Gasteiger partial charge in [0.25, 0.3) is 0 Å². The van der Waals surface area contributed by atoms with Gasteiger partial charge in [-0.1, -0.05) is 38.1 Å². The minimum absolute atomic E-state index is 0.0668. The predicted octanol–water partition coefficient (Wildman–Crippen LogP) is 3.71. The minimum Gasteiger partial charge on any atom is -0.374 e. The van der Waals surface area contributed by atoms with Gasteiger partial charge in [-0.15, -0.1) is 0 Å². The Labute approximate surface area is 222 Å². The molecule has 1 saturated carbocycles. The van der Waals surface area contributed by atoms with Gasteiger partial charge >= 0.3 is 0 Å². The molecule has 1 aliphatic heterocycles. The molecular formula is C28H34N8O2. The Morgan fingerprint density at radius 3 is 2.61 bits per heavy atom. The normalized spacial score (nSPS) is 19.6. The highest BCUT2D eigenvalue weighted by Gasteiger charge is 2.52. The molecule has 1 saturated heterocycles. The summed E-state index contributed by atoms with van der Waals surface area (Å²) in [6.45, 7) is 7.90. The van der Waals surface area contributed by atoms with Gasteiger partial charge in [0, 0.05) is 37.0 Å². The molecule has 1 unspecified atom stereocenters. The fourth-order valence-corrected chi connectivity index (χ4v) is 5.07. The summed E-state index contributed by atoms with van der Waals surface area (Å²) in [7, 11) is 0. The number of amides is 1. The first-order valence-corrected chi connectivity index (χ1v) is 13.1. The van der Waals surface area contributed by atoms with E-state index in [-0.39, 0.29) is 23.9 Å². The van der Waals surface area contributed by atoms with Crippen LogP contribution < -0.4 is 10.6 Å². The Bertz CT molecular complexity index is 1340. The highest BCUT2D eigenvalue weighted by Crippen LogP contribution is 2.52. The van der Waals surface area contributed by atoms with Gasteiger partial charge in [-0.05, 0) is 42.7 Å². The summed E-state index contributed by atoms with van der Waals surface area (Å²) in [5.74, 6) is 0.970. The van der Waals surface area contributed by atoms with Crippen molar-refractivity contribution in [3.8, 4) is 17.3 Å². The Hall–Kier alpha value is -3.81. The standard InChI is InChI=1S/C28H34N8O2/c1-18-15-31-27(34-24(18)19-4-6-20(7-5-19)25(37)30-11-10-29)33-21-16-32-36(17-21)22-8-12-35(13-9-22)26(38)23-14-28(23,2)3/h4-7,15-17,22-23,25,30,37H,8-9,11-14H2,1-3H3,(H,31,33,34)/t23-,25?/m1/s1. The van der Waals surface area contributed by atoms with Crippen LogP contribution in [0.15, 0.2) is 42.9 Å². The third kappa shape index (κ3) is 5.54. The van der Waals surface area contributed by atoms with Crippen molar-refractivity contribution in [1.82, 2.24) is 30.0 Å². The number of aryl methyl sites for hydroxylation is 1. The van der Waals surface area contributed by atoms with Crippen LogP contribution in [0.2, 0.25) is 0 Å². The van der Waals surface area contributed by atoms with E-state index in [1.807, 2.05) is 53.0 Å². The molecule has 0 bridgehead atoms. The number of aromatic nitrogens is 4. The zero-order chi connectivity index (χ0) is 26.9. The molecule has 2 atom stereocenters. The van der Waals surface area contributed by atoms with Gasteiger partial charge in [-0.2, -0.15) is 10.4 Å². The third-order valence-electron chi connectivity index (χ3n) is 7.67. The van der Waals surface area contributed by atoms with E-state index in [1.54, 1.807) is 12.4 Å². The van der Waals surface area contributed by atoms with Gasteiger partial charge in [-0.3, -0.25) is 14.8 Å². The zero-order valence-corrected chi connectivity index (χ0v) is 22.1. The van der Waals surface area contributed by atoms with Crippen LogP contribution in [0.1, 0.15) is 56.5 Å². The van der Waals surface area contributed by atoms with E-state index >= 15 is 0 Å². The van der Waals surface area contributed by atoms with Gasteiger partial charge < -0.3 is 15.3 Å². The number of hydrogen-bond acceptors (Lipinski definition) is 8. The number of rotatable bonds is 8. The summed E-state index contributed by atoms with van der Waals surface area (Å²) in [6.07, 6.45) is 7.40. The lowest BCUT2D eigenvalue weighted by Gasteiger charge is -2.32. The van der Waals surface area contributed by atoms with Crippen LogP contribution in [-0.2, 0) is 4.79 Å². The first-order valence-electron chi connectivity index (χ1n) is 13.1. The molecule has 5 rings (SSSR count). The van der Waals surface area contributed by atoms with E-state index < -0.39 is 6.23 Å². The molecule has 3 heterocycles. The van der Waals surface area contributed by atoms with Crippen molar-refractivity contribution in [3.05, 3.63) is 54.0 Å². The summed E-state index contributed by atoms with van der Waals surface area (Å²) in [6, 6.07) is 9.63. The number of likely N-dealkylation sites (tertiary alicyclic amines) is 1. The SMILES string of the molecule is Cc1cnc(Nc2cnn(C3CCN(C(=O)[C@H]4CC4(C)C)CC3)c2)nc1-c1ccc(C(O)NCC#N)cc1. The van der Waals surface area contributed by atoms with Crippen molar-refractivity contribution in [1.29, 1.82) is 5.26 Å². The number of anilines is 2. The summed E-state index contributed by atoms with van der Waals surface area (Å²) < 4.78 is 1.98. The van der Waals surface area contributed by atoms with Crippen LogP contribution in [0.5, 0.6) is 0 Å². The zero-order valence-electron chi connectivity index (χ0n) is 22.1. The van der Waals surface area contributed by atoms with Crippen LogP contribution in [0.4, 0.5) is 11.6 Å². The molecule has 10 nitrogen and oxygen atoms in total. The minimum atomic E-state index is -0.901. The topological polar surface area (TPSA) is 132 Å². The van der Waals surface area contributed by atoms with Crippen LogP contribution in [0.25, 0.3) is 11.3 Å². The molecule has 10 heteroatoms. The number of carbonyl (C=O) groups excluding carboxylic acids is 1. The lowest BCUT2D eigenvalue weighted by molar-refractivity contribution is -0.134. The smallest absolute Gasteiger partial charge is 0.227 e. The molecule has 2 fully saturated rings. The number of hydrogen-bond donors (Lipinski definition) is 3. The second-order valence-corrected chi connectivity index (χ2v) is 10.9. The molecule has 2 aromatic heterocycles. The number of carbonyl (C=O) groups is 1. The molecule has 198 valence electrons. The highest BCUT2D eigenvalue weighted by atomic mass is 16.3. The maximum Gasteiger partial charge on any atom is 0.227 e. The average molecular weight is 515 g/mol. The number of nitrogens with one attached hydrogen (secondary N) is 2. The van der Waals surface area contributed by atoms with E-state index in [0.717, 1.165) is 54.9 Å². The van der Waals surface area contributed by atoms with E-state index in [9.17, 15) is 9.90 Å². The van der Waals surface area contributed by atoms with Crippen molar-refractivity contribution in [3.63, 3.8) is 0 Å². The molecule has 2 aliphatic rings. The monoisotopic (exact) mass is 514 g/mol. The molecule has 3 aromatic rings. The Kier molecular flexibility index (Phi) is 7.15. The van der Waals surface area contributed by atoms with Gasteiger partial charge in [0.15, 0.2) is 0 Å². The average Bonchev–Trinajstić information content (AvgIpc) is 3.32. The second-order valence-electron chi connectivity index (χ2n) is 10.9. The maximum atomic E-state index is 12.7. The van der Waals surface area contributed by atoms with E-state index in [4.69, 9.17) is 10.2 Å². The van der Waals surface area contributed by atoms with E-state index in [0.29, 0.717) is 17.4 Å². The second kappa shape index (κ2) is 10.5.